The van der Waals surface area contributed by atoms with Gasteiger partial charge in [0.15, 0.2) is 0 Å². The summed E-state index contributed by atoms with van der Waals surface area (Å²) in [6, 6.07) is 9.02. The first kappa shape index (κ1) is 15.3. The van der Waals surface area contributed by atoms with Crippen LogP contribution in [0, 0.1) is 0 Å². The Morgan fingerprint density at radius 2 is 2.14 bits per heavy atom. The number of carboxylic acids is 1. The minimum Gasteiger partial charge on any atom is -0.478 e. The normalized spacial score (nSPS) is 12.0. The molecule has 2 rings (SSSR count). The molecule has 0 aliphatic carbocycles. The lowest BCUT2D eigenvalue weighted by Crippen LogP contribution is -2.00. The van der Waals surface area contributed by atoms with Gasteiger partial charge < -0.3 is 9.84 Å². The van der Waals surface area contributed by atoms with Crippen LogP contribution in [0.2, 0.25) is 5.02 Å². The molecule has 0 aliphatic rings. The third kappa shape index (κ3) is 3.52. The molecule has 0 fully saturated rings. The Balaban J connectivity index is 2.33. The molecule has 2 aromatic rings. The molecule has 0 spiro atoms. The van der Waals surface area contributed by atoms with Gasteiger partial charge in [-0.05, 0) is 30.0 Å². The highest BCUT2D eigenvalue weighted by atomic mass is 35.5. The van der Waals surface area contributed by atoms with E-state index < -0.39 is 5.97 Å². The minimum atomic E-state index is -1.07. The average Bonchev–Trinajstić information content (AvgIpc) is 2.49. The molecule has 5 heteroatoms. The second-order valence-electron chi connectivity index (χ2n) is 4.77. The molecule has 1 heterocycles. The van der Waals surface area contributed by atoms with E-state index in [9.17, 15) is 4.79 Å². The molecule has 0 saturated carbocycles. The van der Waals surface area contributed by atoms with E-state index in [1.54, 1.807) is 0 Å². The minimum absolute atomic E-state index is 0.0301. The maximum absolute atomic E-state index is 10.9. The number of halogens is 1. The van der Waals surface area contributed by atoms with Crippen LogP contribution in [0.4, 0.5) is 0 Å². The van der Waals surface area contributed by atoms with Crippen molar-refractivity contribution in [1.82, 2.24) is 4.98 Å². The number of ether oxygens (including phenoxy) is 1. The van der Waals surface area contributed by atoms with Crippen molar-refractivity contribution < 1.29 is 14.6 Å². The fourth-order valence-electron chi connectivity index (χ4n) is 1.92. The number of carbonyl (C=O) groups is 1. The van der Waals surface area contributed by atoms with E-state index in [-0.39, 0.29) is 16.5 Å². The van der Waals surface area contributed by atoms with Crippen molar-refractivity contribution in [2.45, 2.75) is 26.2 Å². The summed E-state index contributed by atoms with van der Waals surface area (Å²) < 4.78 is 5.76. The summed E-state index contributed by atoms with van der Waals surface area (Å²) in [4.78, 5) is 14.9. The molecule has 0 radical (unpaired) electrons. The highest BCUT2D eigenvalue weighted by molar-refractivity contribution is 6.32. The number of para-hydroxylation sites is 1. The number of hydrogen-bond donors (Lipinski definition) is 1. The number of hydrogen-bond acceptors (Lipinski definition) is 3. The van der Waals surface area contributed by atoms with E-state index in [1.165, 1.54) is 12.3 Å². The zero-order chi connectivity index (χ0) is 15.4. The van der Waals surface area contributed by atoms with E-state index in [0.29, 0.717) is 11.7 Å². The maximum Gasteiger partial charge on any atom is 0.337 e. The van der Waals surface area contributed by atoms with Crippen LogP contribution in [0.25, 0.3) is 0 Å². The van der Waals surface area contributed by atoms with E-state index in [2.05, 4.69) is 18.8 Å². The van der Waals surface area contributed by atoms with Crippen molar-refractivity contribution in [3.63, 3.8) is 0 Å². The molecule has 110 valence electrons. The summed E-state index contributed by atoms with van der Waals surface area (Å²) in [5.74, 6) is 0.163. The van der Waals surface area contributed by atoms with Gasteiger partial charge in [0.2, 0.25) is 5.88 Å². The van der Waals surface area contributed by atoms with E-state index in [1.807, 2.05) is 24.3 Å². The fraction of sp³-hybridized carbons (Fsp3) is 0.250. The molecule has 1 atom stereocenters. The number of benzene rings is 1. The van der Waals surface area contributed by atoms with Gasteiger partial charge in [0.25, 0.3) is 0 Å². The predicted molar refractivity (Wildman–Crippen MR) is 81.4 cm³/mol. The first-order chi connectivity index (χ1) is 10.0. The molecule has 0 saturated heterocycles. The molecule has 1 N–H and O–H groups in total. The Bertz CT molecular complexity index is 658. The number of nitrogens with zero attached hydrogens (tertiary/aromatic N) is 1. The molecular weight excluding hydrogens is 290 g/mol. The molecule has 1 aromatic heterocycles. The predicted octanol–water partition coefficient (Wildman–Crippen LogP) is 4.74. The van der Waals surface area contributed by atoms with Gasteiger partial charge in [-0.15, -0.1) is 0 Å². The number of aromatic carboxylic acids is 1. The largest absolute Gasteiger partial charge is 0.478 e. The van der Waals surface area contributed by atoms with Crippen molar-refractivity contribution in [2.75, 3.05) is 0 Å². The lowest BCUT2D eigenvalue weighted by Gasteiger charge is -2.15. The van der Waals surface area contributed by atoms with Crippen molar-refractivity contribution in [1.29, 1.82) is 0 Å². The van der Waals surface area contributed by atoms with Crippen LogP contribution in [-0.2, 0) is 0 Å². The fourth-order valence-corrected chi connectivity index (χ4v) is 2.13. The van der Waals surface area contributed by atoms with E-state index in [4.69, 9.17) is 21.4 Å². The van der Waals surface area contributed by atoms with Crippen LogP contribution in [0.1, 0.15) is 42.1 Å². The summed E-state index contributed by atoms with van der Waals surface area (Å²) in [7, 11) is 0. The van der Waals surface area contributed by atoms with Gasteiger partial charge in [0, 0.05) is 6.20 Å². The zero-order valence-corrected chi connectivity index (χ0v) is 12.6. The van der Waals surface area contributed by atoms with Crippen molar-refractivity contribution >= 4 is 17.6 Å². The molecule has 0 bridgehead atoms. The van der Waals surface area contributed by atoms with Gasteiger partial charge in [-0.1, -0.05) is 43.6 Å². The number of aromatic nitrogens is 1. The summed E-state index contributed by atoms with van der Waals surface area (Å²) in [6.07, 6.45) is 2.22. The highest BCUT2D eigenvalue weighted by Crippen LogP contribution is 2.34. The van der Waals surface area contributed by atoms with Gasteiger partial charge >= 0.3 is 5.97 Å². The van der Waals surface area contributed by atoms with Crippen LogP contribution in [0.5, 0.6) is 11.6 Å². The maximum atomic E-state index is 10.9. The van der Waals surface area contributed by atoms with Gasteiger partial charge in [-0.25, -0.2) is 9.78 Å². The molecule has 1 unspecified atom stereocenters. The lowest BCUT2D eigenvalue weighted by atomic mass is 9.98. The van der Waals surface area contributed by atoms with E-state index >= 15 is 0 Å². The quantitative estimate of drug-likeness (QED) is 0.866. The monoisotopic (exact) mass is 305 g/mol. The number of rotatable bonds is 5. The van der Waals surface area contributed by atoms with E-state index in [0.717, 1.165) is 12.0 Å². The van der Waals surface area contributed by atoms with Gasteiger partial charge in [0.05, 0.1) is 5.56 Å². The first-order valence-electron chi connectivity index (χ1n) is 6.68. The second-order valence-corrected chi connectivity index (χ2v) is 5.17. The summed E-state index contributed by atoms with van der Waals surface area (Å²) >= 11 is 6.04. The Hall–Kier alpha value is -2.07. The smallest absolute Gasteiger partial charge is 0.337 e. The Labute approximate surface area is 128 Å². The van der Waals surface area contributed by atoms with Crippen LogP contribution in [0.3, 0.4) is 0 Å². The molecule has 1 aromatic carbocycles. The zero-order valence-electron chi connectivity index (χ0n) is 11.8. The van der Waals surface area contributed by atoms with Crippen molar-refractivity contribution in [3.8, 4) is 11.6 Å². The molecular formula is C16H16ClNO3. The first-order valence-corrected chi connectivity index (χ1v) is 7.06. The molecule has 0 aliphatic heterocycles. The van der Waals surface area contributed by atoms with Crippen LogP contribution in [0.15, 0.2) is 36.5 Å². The third-order valence-electron chi connectivity index (χ3n) is 3.32. The van der Waals surface area contributed by atoms with Crippen molar-refractivity contribution in [2.24, 2.45) is 0 Å². The SMILES string of the molecule is CCC(C)c1ccccc1Oc1ncc(C(=O)O)cc1Cl. The second kappa shape index (κ2) is 6.59. The van der Waals surface area contributed by atoms with Gasteiger partial charge in [0.1, 0.15) is 10.8 Å². The third-order valence-corrected chi connectivity index (χ3v) is 3.59. The number of pyridine rings is 1. The van der Waals surface area contributed by atoms with Gasteiger partial charge in [-0.2, -0.15) is 0 Å². The standard InChI is InChI=1S/C16H16ClNO3/c1-3-10(2)12-6-4-5-7-14(12)21-15-13(17)8-11(9-18-15)16(19)20/h4-10H,3H2,1-2H3,(H,19,20). The molecule has 21 heavy (non-hydrogen) atoms. The summed E-state index contributed by atoms with van der Waals surface area (Å²) in [6.45, 7) is 4.22. The number of carboxylic acid groups (broad SMARTS) is 1. The average molecular weight is 306 g/mol. The summed E-state index contributed by atoms with van der Waals surface area (Å²) in [5, 5.41) is 9.07. The van der Waals surface area contributed by atoms with Crippen LogP contribution < -0.4 is 4.74 Å². The molecule has 0 amide bonds. The van der Waals surface area contributed by atoms with Gasteiger partial charge in [-0.3, -0.25) is 0 Å². The lowest BCUT2D eigenvalue weighted by molar-refractivity contribution is 0.0696. The van der Waals surface area contributed by atoms with Crippen molar-refractivity contribution in [3.05, 3.63) is 52.7 Å². The van der Waals surface area contributed by atoms with Crippen LogP contribution >= 0.6 is 11.6 Å². The Kier molecular flexibility index (Phi) is 4.81. The molecule has 4 nitrogen and oxygen atoms in total. The Morgan fingerprint density at radius 3 is 2.76 bits per heavy atom. The Morgan fingerprint density at radius 1 is 1.43 bits per heavy atom. The highest BCUT2D eigenvalue weighted by Gasteiger charge is 2.14. The summed E-state index contributed by atoms with van der Waals surface area (Å²) in [5.41, 5.74) is 1.10. The topological polar surface area (TPSA) is 59.4 Å². The van der Waals surface area contributed by atoms with Crippen LogP contribution in [-0.4, -0.2) is 16.1 Å².